The minimum absolute atomic E-state index is 0.0793. The Morgan fingerprint density at radius 1 is 0.848 bits per heavy atom. The van der Waals surface area contributed by atoms with Gasteiger partial charge in [-0.1, -0.05) is 66.7 Å². The Balaban J connectivity index is 1.98. The smallest absolute Gasteiger partial charge is 0.264 e. The van der Waals surface area contributed by atoms with Gasteiger partial charge in [-0.3, -0.25) is 13.9 Å². The predicted octanol–water partition coefficient (Wildman–Crippen LogP) is 3.05. The fourth-order valence-electron chi connectivity index (χ4n) is 3.41. The second kappa shape index (κ2) is 10.8. The van der Waals surface area contributed by atoms with E-state index in [2.05, 4.69) is 5.32 Å². The lowest BCUT2D eigenvalue weighted by molar-refractivity contribution is -0.139. The van der Waals surface area contributed by atoms with Crippen LogP contribution in [0.25, 0.3) is 0 Å². The SMILES string of the molecule is CNC(=O)C(C)N(Cc1ccccc1)C(=O)CN(c1ccccc1)S(=O)(=O)c1ccccc1. The van der Waals surface area contributed by atoms with Crippen LogP contribution in [0.1, 0.15) is 12.5 Å². The molecular weight excluding hydrogens is 438 g/mol. The summed E-state index contributed by atoms with van der Waals surface area (Å²) in [5.74, 6) is -0.824. The van der Waals surface area contributed by atoms with Crippen LogP contribution in [0.4, 0.5) is 5.69 Å². The minimum atomic E-state index is -4.02. The molecule has 1 unspecified atom stereocenters. The van der Waals surface area contributed by atoms with E-state index in [1.54, 1.807) is 55.5 Å². The van der Waals surface area contributed by atoms with E-state index in [4.69, 9.17) is 0 Å². The van der Waals surface area contributed by atoms with E-state index >= 15 is 0 Å². The first-order valence-electron chi connectivity index (χ1n) is 10.5. The van der Waals surface area contributed by atoms with E-state index in [-0.39, 0.29) is 17.3 Å². The Hall–Kier alpha value is -3.65. The van der Waals surface area contributed by atoms with Gasteiger partial charge >= 0.3 is 0 Å². The summed E-state index contributed by atoms with van der Waals surface area (Å²) in [6, 6.07) is 24.9. The highest BCUT2D eigenvalue weighted by Gasteiger charge is 2.32. The van der Waals surface area contributed by atoms with Crippen molar-refractivity contribution in [2.45, 2.75) is 24.4 Å². The molecule has 2 amide bonds. The van der Waals surface area contributed by atoms with Gasteiger partial charge in [0.05, 0.1) is 10.6 Å². The van der Waals surface area contributed by atoms with Gasteiger partial charge in [0.2, 0.25) is 11.8 Å². The summed E-state index contributed by atoms with van der Waals surface area (Å²) in [5.41, 5.74) is 1.20. The van der Waals surface area contributed by atoms with E-state index in [0.717, 1.165) is 9.87 Å². The molecule has 0 aromatic heterocycles. The van der Waals surface area contributed by atoms with E-state index in [9.17, 15) is 18.0 Å². The third-order valence-corrected chi connectivity index (χ3v) is 7.05. The van der Waals surface area contributed by atoms with Crippen molar-refractivity contribution in [2.24, 2.45) is 0 Å². The number of sulfonamides is 1. The second-order valence-corrected chi connectivity index (χ2v) is 9.32. The van der Waals surface area contributed by atoms with Crippen LogP contribution in [0.2, 0.25) is 0 Å². The first-order chi connectivity index (χ1) is 15.8. The summed E-state index contributed by atoms with van der Waals surface area (Å²) in [5, 5.41) is 2.56. The molecule has 1 N–H and O–H groups in total. The lowest BCUT2D eigenvalue weighted by Crippen LogP contribution is -2.50. The van der Waals surface area contributed by atoms with Gasteiger partial charge in [0.15, 0.2) is 0 Å². The fourth-order valence-corrected chi connectivity index (χ4v) is 4.85. The first kappa shape index (κ1) is 24.0. The molecule has 1 atom stereocenters. The van der Waals surface area contributed by atoms with Crippen LogP contribution >= 0.6 is 0 Å². The summed E-state index contributed by atoms with van der Waals surface area (Å²) < 4.78 is 28.1. The van der Waals surface area contributed by atoms with Crippen molar-refractivity contribution in [3.8, 4) is 0 Å². The maximum atomic E-state index is 13.5. The van der Waals surface area contributed by atoms with Gasteiger partial charge in [-0.05, 0) is 36.8 Å². The van der Waals surface area contributed by atoms with Crippen molar-refractivity contribution in [2.75, 3.05) is 17.9 Å². The first-order valence-corrected chi connectivity index (χ1v) is 12.0. The molecule has 3 rings (SSSR count). The summed E-state index contributed by atoms with van der Waals surface area (Å²) in [7, 11) is -2.52. The van der Waals surface area contributed by atoms with Crippen molar-refractivity contribution in [3.63, 3.8) is 0 Å². The molecule has 0 heterocycles. The molecule has 0 aliphatic rings. The van der Waals surface area contributed by atoms with Crippen LogP contribution < -0.4 is 9.62 Å². The number of hydrogen-bond donors (Lipinski definition) is 1. The molecule has 8 heteroatoms. The molecule has 0 bridgehead atoms. The molecule has 33 heavy (non-hydrogen) atoms. The molecule has 3 aromatic rings. The second-order valence-electron chi connectivity index (χ2n) is 7.46. The van der Waals surface area contributed by atoms with E-state index in [1.165, 1.54) is 24.1 Å². The Bertz CT molecular complexity index is 1170. The largest absolute Gasteiger partial charge is 0.357 e. The van der Waals surface area contributed by atoms with Gasteiger partial charge in [-0.25, -0.2) is 8.42 Å². The highest BCUT2D eigenvalue weighted by molar-refractivity contribution is 7.92. The summed E-state index contributed by atoms with van der Waals surface area (Å²) >= 11 is 0. The van der Waals surface area contributed by atoms with Crippen LogP contribution in [0, 0.1) is 0 Å². The number of nitrogens with one attached hydrogen (secondary N) is 1. The van der Waals surface area contributed by atoms with Gasteiger partial charge in [-0.15, -0.1) is 0 Å². The Morgan fingerprint density at radius 3 is 1.91 bits per heavy atom. The number of anilines is 1. The zero-order chi connectivity index (χ0) is 23.8. The third-order valence-electron chi connectivity index (χ3n) is 5.26. The van der Waals surface area contributed by atoms with Crippen LogP contribution in [-0.4, -0.2) is 44.8 Å². The van der Waals surface area contributed by atoms with Gasteiger partial charge < -0.3 is 10.2 Å². The summed E-state index contributed by atoms with van der Waals surface area (Å²) in [4.78, 5) is 27.4. The molecule has 0 spiro atoms. The monoisotopic (exact) mass is 465 g/mol. The van der Waals surface area contributed by atoms with Gasteiger partial charge in [0.1, 0.15) is 12.6 Å². The molecule has 0 aliphatic heterocycles. The average Bonchev–Trinajstić information content (AvgIpc) is 2.86. The quantitative estimate of drug-likeness (QED) is 0.526. The number of likely N-dealkylation sites (N-methyl/N-ethyl adjacent to an activating group) is 1. The lowest BCUT2D eigenvalue weighted by atomic mass is 10.1. The molecule has 0 aliphatic carbocycles. The number of carbonyl (C=O) groups excluding carboxylic acids is 2. The van der Waals surface area contributed by atoms with E-state index in [0.29, 0.717) is 5.69 Å². The van der Waals surface area contributed by atoms with E-state index < -0.39 is 28.5 Å². The predicted molar refractivity (Wildman–Crippen MR) is 128 cm³/mol. The summed E-state index contributed by atoms with van der Waals surface area (Å²) in [6.45, 7) is 1.34. The maximum absolute atomic E-state index is 13.5. The molecule has 0 radical (unpaired) electrons. The number of nitrogens with zero attached hydrogens (tertiary/aromatic N) is 2. The zero-order valence-corrected chi connectivity index (χ0v) is 19.4. The third kappa shape index (κ3) is 5.78. The number of amides is 2. The van der Waals surface area contributed by atoms with Crippen molar-refractivity contribution >= 4 is 27.5 Å². The van der Waals surface area contributed by atoms with Gasteiger partial charge in [0, 0.05) is 13.6 Å². The van der Waals surface area contributed by atoms with Crippen LogP contribution in [-0.2, 0) is 26.2 Å². The molecule has 7 nitrogen and oxygen atoms in total. The Kier molecular flexibility index (Phi) is 7.84. The topological polar surface area (TPSA) is 86.8 Å². The Morgan fingerprint density at radius 2 is 1.36 bits per heavy atom. The molecule has 0 fully saturated rings. The standard InChI is InChI=1S/C25H27N3O4S/c1-20(25(30)26-2)27(18-21-12-6-3-7-13-21)24(29)19-28(22-14-8-4-9-15-22)33(31,32)23-16-10-5-11-17-23/h3-17,20H,18-19H2,1-2H3,(H,26,30). The maximum Gasteiger partial charge on any atom is 0.264 e. The highest BCUT2D eigenvalue weighted by atomic mass is 32.2. The number of para-hydroxylation sites is 1. The summed E-state index contributed by atoms with van der Waals surface area (Å²) in [6.07, 6.45) is 0. The van der Waals surface area contributed by atoms with Crippen molar-refractivity contribution in [1.29, 1.82) is 0 Å². The van der Waals surface area contributed by atoms with Gasteiger partial charge in [0.25, 0.3) is 10.0 Å². The lowest BCUT2D eigenvalue weighted by Gasteiger charge is -2.31. The zero-order valence-electron chi connectivity index (χ0n) is 18.6. The molecule has 172 valence electrons. The number of carbonyl (C=O) groups is 2. The molecule has 3 aromatic carbocycles. The number of hydrogen-bond acceptors (Lipinski definition) is 4. The molecule has 0 saturated heterocycles. The molecular formula is C25H27N3O4S. The van der Waals surface area contributed by atoms with E-state index in [1.807, 2.05) is 30.3 Å². The minimum Gasteiger partial charge on any atom is -0.357 e. The fraction of sp³-hybridized carbons (Fsp3) is 0.200. The van der Waals surface area contributed by atoms with Crippen molar-refractivity contribution in [3.05, 3.63) is 96.6 Å². The average molecular weight is 466 g/mol. The highest BCUT2D eigenvalue weighted by Crippen LogP contribution is 2.24. The van der Waals surface area contributed by atoms with Crippen molar-refractivity contribution in [1.82, 2.24) is 10.2 Å². The molecule has 0 saturated carbocycles. The van der Waals surface area contributed by atoms with Crippen LogP contribution in [0.3, 0.4) is 0 Å². The normalized spacial score (nSPS) is 11.9. The van der Waals surface area contributed by atoms with Gasteiger partial charge in [-0.2, -0.15) is 0 Å². The Labute approximate surface area is 194 Å². The number of benzene rings is 3. The van der Waals surface area contributed by atoms with Crippen LogP contribution in [0.15, 0.2) is 95.9 Å². The van der Waals surface area contributed by atoms with Crippen LogP contribution in [0.5, 0.6) is 0 Å². The van der Waals surface area contributed by atoms with Crippen molar-refractivity contribution < 1.29 is 18.0 Å². The number of rotatable bonds is 9.